The van der Waals surface area contributed by atoms with E-state index in [1.807, 2.05) is 25.1 Å². The van der Waals surface area contributed by atoms with Crippen molar-refractivity contribution in [3.63, 3.8) is 0 Å². The number of rotatable bonds is 5. The van der Waals surface area contributed by atoms with Gasteiger partial charge in [-0.05, 0) is 47.8 Å². The molecule has 1 N–H and O–H groups in total. The molecular formula is C14H19Br2NO. The smallest absolute Gasteiger partial charge is 0.252 e. The van der Waals surface area contributed by atoms with Crippen LogP contribution in [0.15, 0.2) is 22.7 Å². The van der Waals surface area contributed by atoms with Gasteiger partial charge in [0.25, 0.3) is 5.91 Å². The van der Waals surface area contributed by atoms with Crippen molar-refractivity contribution in [3.8, 4) is 0 Å². The zero-order chi connectivity index (χ0) is 13.8. The Morgan fingerprint density at radius 2 is 1.94 bits per heavy atom. The fourth-order valence-corrected chi connectivity index (χ4v) is 3.13. The van der Waals surface area contributed by atoms with Crippen LogP contribution in [0.3, 0.4) is 0 Å². The van der Waals surface area contributed by atoms with E-state index in [0.29, 0.717) is 5.56 Å². The highest BCUT2D eigenvalue weighted by atomic mass is 79.9. The third-order valence-corrected chi connectivity index (χ3v) is 5.12. The van der Waals surface area contributed by atoms with E-state index in [9.17, 15) is 4.79 Å². The Morgan fingerprint density at radius 3 is 2.44 bits per heavy atom. The summed E-state index contributed by atoms with van der Waals surface area (Å²) in [6.07, 6.45) is 1.81. The van der Waals surface area contributed by atoms with Gasteiger partial charge in [-0.25, -0.2) is 0 Å². The molecule has 0 unspecified atom stereocenters. The van der Waals surface area contributed by atoms with Crippen molar-refractivity contribution in [3.05, 3.63) is 33.8 Å². The lowest BCUT2D eigenvalue weighted by molar-refractivity contribution is 0.0903. The number of benzene rings is 1. The maximum absolute atomic E-state index is 12.3. The van der Waals surface area contributed by atoms with Crippen LogP contribution in [0.5, 0.6) is 0 Å². The van der Waals surface area contributed by atoms with E-state index in [4.69, 9.17) is 0 Å². The first-order chi connectivity index (χ1) is 8.48. The lowest BCUT2D eigenvalue weighted by Gasteiger charge is -2.31. The van der Waals surface area contributed by atoms with Crippen molar-refractivity contribution in [1.82, 2.24) is 5.32 Å². The first-order valence-electron chi connectivity index (χ1n) is 6.12. The fraction of sp³-hybridized carbons (Fsp3) is 0.500. The molecule has 2 nitrogen and oxygen atoms in total. The maximum atomic E-state index is 12.3. The van der Waals surface area contributed by atoms with Gasteiger partial charge in [0.1, 0.15) is 0 Å². The molecule has 1 aromatic rings. The standard InChI is InChI=1S/C14H19Br2NO/c1-4-14(5-2,9-15)17-13(18)11-8-10(3)6-7-12(11)16/h6-8H,4-5,9H2,1-3H3,(H,17,18). The Kier molecular flexibility index (Phi) is 5.86. The molecule has 0 radical (unpaired) electrons. The van der Waals surface area contributed by atoms with Crippen molar-refractivity contribution in [2.45, 2.75) is 39.2 Å². The Bertz CT molecular complexity index is 420. The second kappa shape index (κ2) is 6.71. The van der Waals surface area contributed by atoms with Crippen LogP contribution in [0.2, 0.25) is 0 Å². The summed E-state index contributed by atoms with van der Waals surface area (Å²) < 4.78 is 0.835. The summed E-state index contributed by atoms with van der Waals surface area (Å²) in [4.78, 5) is 12.3. The van der Waals surface area contributed by atoms with Gasteiger partial charge >= 0.3 is 0 Å². The number of aryl methyl sites for hydroxylation is 1. The van der Waals surface area contributed by atoms with E-state index in [1.165, 1.54) is 0 Å². The van der Waals surface area contributed by atoms with E-state index in [-0.39, 0.29) is 11.4 Å². The van der Waals surface area contributed by atoms with Gasteiger partial charge < -0.3 is 5.32 Å². The second-order valence-electron chi connectivity index (χ2n) is 4.56. The number of carbonyl (C=O) groups is 1. The van der Waals surface area contributed by atoms with Gasteiger partial charge in [0.05, 0.1) is 5.56 Å². The van der Waals surface area contributed by atoms with E-state index < -0.39 is 0 Å². The zero-order valence-corrected chi connectivity index (χ0v) is 14.2. The maximum Gasteiger partial charge on any atom is 0.252 e. The minimum Gasteiger partial charge on any atom is -0.346 e. The minimum atomic E-state index is -0.166. The molecule has 1 aromatic carbocycles. The summed E-state index contributed by atoms with van der Waals surface area (Å²) in [6.45, 7) is 6.17. The average Bonchev–Trinajstić information content (AvgIpc) is 2.38. The molecule has 0 saturated carbocycles. The number of amides is 1. The van der Waals surface area contributed by atoms with Gasteiger partial charge in [0.15, 0.2) is 0 Å². The first kappa shape index (κ1) is 15.7. The lowest BCUT2D eigenvalue weighted by atomic mass is 9.95. The van der Waals surface area contributed by atoms with Gasteiger partial charge in [-0.2, -0.15) is 0 Å². The Morgan fingerprint density at radius 1 is 1.33 bits per heavy atom. The summed E-state index contributed by atoms with van der Waals surface area (Å²) in [5.41, 5.74) is 1.61. The highest BCUT2D eigenvalue weighted by Gasteiger charge is 2.27. The molecule has 0 atom stereocenters. The average molecular weight is 377 g/mol. The number of hydrogen-bond donors (Lipinski definition) is 1. The zero-order valence-electron chi connectivity index (χ0n) is 11.0. The van der Waals surface area contributed by atoms with Crippen LogP contribution in [-0.2, 0) is 0 Å². The van der Waals surface area contributed by atoms with E-state index in [0.717, 1.165) is 28.2 Å². The summed E-state index contributed by atoms with van der Waals surface area (Å²) >= 11 is 6.93. The van der Waals surface area contributed by atoms with E-state index in [2.05, 4.69) is 51.0 Å². The van der Waals surface area contributed by atoms with Crippen molar-refractivity contribution < 1.29 is 4.79 Å². The van der Waals surface area contributed by atoms with Crippen LogP contribution < -0.4 is 5.32 Å². The molecule has 0 aliphatic carbocycles. The number of carbonyl (C=O) groups excluding carboxylic acids is 1. The number of hydrogen-bond acceptors (Lipinski definition) is 1. The third kappa shape index (κ3) is 3.58. The van der Waals surface area contributed by atoms with Gasteiger partial charge in [-0.15, -0.1) is 0 Å². The molecule has 1 amide bonds. The molecule has 0 aliphatic rings. The van der Waals surface area contributed by atoms with Gasteiger partial charge in [-0.1, -0.05) is 41.4 Å². The predicted molar refractivity (Wildman–Crippen MR) is 83.5 cm³/mol. The van der Waals surface area contributed by atoms with Crippen LogP contribution in [0, 0.1) is 6.92 Å². The fourth-order valence-electron chi connectivity index (χ4n) is 1.77. The summed E-state index contributed by atoms with van der Waals surface area (Å²) in [7, 11) is 0. The Hall–Kier alpha value is -0.350. The van der Waals surface area contributed by atoms with Crippen LogP contribution in [0.1, 0.15) is 42.6 Å². The second-order valence-corrected chi connectivity index (χ2v) is 5.97. The minimum absolute atomic E-state index is 0.0197. The van der Waals surface area contributed by atoms with Gasteiger partial charge in [-0.3, -0.25) is 4.79 Å². The Labute approximate surface area is 126 Å². The number of nitrogens with one attached hydrogen (secondary N) is 1. The molecule has 0 aromatic heterocycles. The molecule has 0 fully saturated rings. The molecule has 0 spiro atoms. The lowest BCUT2D eigenvalue weighted by Crippen LogP contribution is -2.49. The molecule has 0 saturated heterocycles. The van der Waals surface area contributed by atoms with Gasteiger partial charge in [0.2, 0.25) is 0 Å². The topological polar surface area (TPSA) is 29.1 Å². The van der Waals surface area contributed by atoms with Crippen molar-refractivity contribution in [1.29, 1.82) is 0 Å². The van der Waals surface area contributed by atoms with Crippen molar-refractivity contribution in [2.24, 2.45) is 0 Å². The van der Waals surface area contributed by atoms with Crippen LogP contribution in [-0.4, -0.2) is 16.8 Å². The van der Waals surface area contributed by atoms with Crippen LogP contribution in [0.25, 0.3) is 0 Å². The molecule has 0 heterocycles. The molecule has 100 valence electrons. The summed E-state index contributed by atoms with van der Waals surface area (Å²) in [5, 5.41) is 3.91. The Balaban J connectivity index is 2.97. The normalized spacial score (nSPS) is 11.4. The molecule has 18 heavy (non-hydrogen) atoms. The monoisotopic (exact) mass is 375 g/mol. The molecule has 4 heteroatoms. The third-order valence-electron chi connectivity index (χ3n) is 3.35. The summed E-state index contributed by atoms with van der Waals surface area (Å²) in [5.74, 6) is -0.0197. The quantitative estimate of drug-likeness (QED) is 0.756. The van der Waals surface area contributed by atoms with E-state index in [1.54, 1.807) is 0 Å². The van der Waals surface area contributed by atoms with E-state index >= 15 is 0 Å². The predicted octanol–water partition coefficient (Wildman–Crippen LogP) is 4.44. The molecule has 1 rings (SSSR count). The highest BCUT2D eigenvalue weighted by Crippen LogP contribution is 2.22. The molecule has 0 aliphatic heterocycles. The SMILES string of the molecule is CCC(CC)(CBr)NC(=O)c1cc(C)ccc1Br. The molecular weight excluding hydrogens is 358 g/mol. The largest absolute Gasteiger partial charge is 0.346 e. The van der Waals surface area contributed by atoms with Crippen molar-refractivity contribution >= 4 is 37.8 Å². The number of alkyl halides is 1. The van der Waals surface area contributed by atoms with Crippen LogP contribution in [0.4, 0.5) is 0 Å². The first-order valence-corrected chi connectivity index (χ1v) is 8.04. The molecule has 0 bridgehead atoms. The van der Waals surface area contributed by atoms with Crippen molar-refractivity contribution in [2.75, 3.05) is 5.33 Å². The number of halogens is 2. The summed E-state index contributed by atoms with van der Waals surface area (Å²) in [6, 6.07) is 5.81. The van der Waals surface area contributed by atoms with Crippen LogP contribution >= 0.6 is 31.9 Å². The highest BCUT2D eigenvalue weighted by molar-refractivity contribution is 9.10. The van der Waals surface area contributed by atoms with Gasteiger partial charge in [0, 0.05) is 15.3 Å².